The van der Waals surface area contributed by atoms with Crippen molar-refractivity contribution >= 4 is 11.8 Å². The second kappa shape index (κ2) is 6.80. The molecule has 0 aromatic heterocycles. The third-order valence-corrected chi connectivity index (χ3v) is 3.68. The third kappa shape index (κ3) is 3.54. The smallest absolute Gasteiger partial charge is 0.165 e. The zero-order valence-electron chi connectivity index (χ0n) is 12.6. The molecule has 2 rings (SSSR count). The first-order valence-electron chi connectivity index (χ1n) is 7.69. The minimum atomic E-state index is 0.0319. The molecule has 0 unspecified atom stereocenters. The van der Waals surface area contributed by atoms with Gasteiger partial charge in [0.15, 0.2) is 5.60 Å². The van der Waals surface area contributed by atoms with Crippen LogP contribution in [0.25, 0.3) is 6.08 Å². The van der Waals surface area contributed by atoms with Gasteiger partial charge in [0, 0.05) is 18.8 Å². The zero-order valence-corrected chi connectivity index (χ0v) is 12.6. The lowest BCUT2D eigenvalue weighted by molar-refractivity contribution is 0.274. The predicted molar refractivity (Wildman–Crippen MR) is 85.6 cm³/mol. The Balaban J connectivity index is 2.07. The standard InChI is InChI=1S/C17H26N2O/c1-3-8-17(9-4-2)16(20-17)13-14-6-5-7-15(12-14)19-11-10-18/h5-7,12-13,19H,3-4,8-11,18H2,1-2H3. The molecule has 1 aromatic carbocycles. The monoisotopic (exact) mass is 274 g/mol. The molecule has 1 fully saturated rings. The Hall–Kier alpha value is -1.48. The van der Waals surface area contributed by atoms with Crippen LogP contribution in [0.3, 0.4) is 0 Å². The van der Waals surface area contributed by atoms with Crippen molar-refractivity contribution in [1.82, 2.24) is 0 Å². The van der Waals surface area contributed by atoms with E-state index in [0.717, 1.165) is 43.7 Å². The van der Waals surface area contributed by atoms with Crippen LogP contribution in [-0.2, 0) is 4.74 Å². The van der Waals surface area contributed by atoms with Gasteiger partial charge >= 0.3 is 0 Å². The molecule has 0 saturated carbocycles. The van der Waals surface area contributed by atoms with E-state index in [1.165, 1.54) is 5.56 Å². The van der Waals surface area contributed by atoms with E-state index in [1.807, 2.05) is 0 Å². The van der Waals surface area contributed by atoms with E-state index in [0.29, 0.717) is 6.54 Å². The number of epoxide rings is 1. The van der Waals surface area contributed by atoms with Gasteiger partial charge in [-0.2, -0.15) is 0 Å². The van der Waals surface area contributed by atoms with Gasteiger partial charge in [-0.3, -0.25) is 0 Å². The van der Waals surface area contributed by atoms with E-state index >= 15 is 0 Å². The second-order valence-electron chi connectivity index (χ2n) is 5.45. The van der Waals surface area contributed by atoms with Crippen molar-refractivity contribution in [2.75, 3.05) is 18.4 Å². The van der Waals surface area contributed by atoms with Crippen LogP contribution in [0.2, 0.25) is 0 Å². The summed E-state index contributed by atoms with van der Waals surface area (Å²) in [4.78, 5) is 0. The molecule has 3 heteroatoms. The molecular weight excluding hydrogens is 248 g/mol. The van der Waals surface area contributed by atoms with E-state index in [4.69, 9.17) is 10.5 Å². The van der Waals surface area contributed by atoms with E-state index < -0.39 is 0 Å². The Kier molecular flexibility index (Phi) is 5.07. The van der Waals surface area contributed by atoms with E-state index in [9.17, 15) is 0 Å². The lowest BCUT2D eigenvalue weighted by atomic mass is 9.96. The molecule has 0 aliphatic carbocycles. The van der Waals surface area contributed by atoms with Crippen molar-refractivity contribution in [3.8, 4) is 0 Å². The Morgan fingerprint density at radius 2 is 2.00 bits per heavy atom. The molecule has 1 aliphatic heterocycles. The summed E-state index contributed by atoms with van der Waals surface area (Å²) < 4.78 is 5.93. The largest absolute Gasteiger partial charge is 0.479 e. The SMILES string of the molecule is CCCC1(CCC)OC1=Cc1cccc(NCCN)c1. The number of rotatable bonds is 8. The average Bonchev–Trinajstić information content (AvgIpc) is 3.10. The normalized spacial score (nSPS) is 17.9. The van der Waals surface area contributed by atoms with Crippen LogP contribution >= 0.6 is 0 Å². The van der Waals surface area contributed by atoms with Crippen LogP contribution in [0, 0.1) is 0 Å². The highest BCUT2D eigenvalue weighted by Crippen LogP contribution is 2.49. The lowest BCUT2D eigenvalue weighted by Gasteiger charge is -2.06. The van der Waals surface area contributed by atoms with Gasteiger partial charge in [-0.05, 0) is 36.6 Å². The number of ether oxygens (including phenoxy) is 1. The molecule has 0 spiro atoms. The lowest BCUT2D eigenvalue weighted by Crippen LogP contribution is -2.12. The molecule has 110 valence electrons. The summed E-state index contributed by atoms with van der Waals surface area (Å²) in [6, 6.07) is 8.39. The van der Waals surface area contributed by atoms with Gasteiger partial charge in [-0.25, -0.2) is 0 Å². The van der Waals surface area contributed by atoms with Crippen LogP contribution in [0.1, 0.15) is 45.1 Å². The van der Waals surface area contributed by atoms with E-state index in [2.05, 4.69) is 49.5 Å². The first-order chi connectivity index (χ1) is 9.74. The number of anilines is 1. The van der Waals surface area contributed by atoms with Gasteiger partial charge in [0.1, 0.15) is 5.76 Å². The highest BCUT2D eigenvalue weighted by atomic mass is 16.6. The summed E-state index contributed by atoms with van der Waals surface area (Å²) in [6.07, 6.45) is 6.75. The minimum absolute atomic E-state index is 0.0319. The second-order valence-corrected chi connectivity index (χ2v) is 5.45. The van der Waals surface area contributed by atoms with Crippen molar-refractivity contribution in [2.24, 2.45) is 5.73 Å². The first-order valence-corrected chi connectivity index (χ1v) is 7.69. The molecule has 1 aliphatic rings. The quantitative estimate of drug-likeness (QED) is 0.709. The van der Waals surface area contributed by atoms with Crippen molar-refractivity contribution in [1.29, 1.82) is 0 Å². The summed E-state index contributed by atoms with van der Waals surface area (Å²) in [6.45, 7) is 5.87. The van der Waals surface area contributed by atoms with E-state index in [1.54, 1.807) is 0 Å². The van der Waals surface area contributed by atoms with Gasteiger partial charge in [0.25, 0.3) is 0 Å². The van der Waals surface area contributed by atoms with Crippen molar-refractivity contribution in [2.45, 2.75) is 45.1 Å². The Bertz CT molecular complexity index is 462. The molecule has 0 atom stereocenters. The molecule has 1 heterocycles. The Morgan fingerprint density at radius 3 is 2.65 bits per heavy atom. The number of nitrogens with two attached hydrogens (primary N) is 1. The number of hydrogen-bond acceptors (Lipinski definition) is 3. The average molecular weight is 274 g/mol. The zero-order chi connectivity index (χ0) is 14.4. The summed E-state index contributed by atoms with van der Waals surface area (Å²) in [5.41, 5.74) is 7.85. The minimum Gasteiger partial charge on any atom is -0.479 e. The topological polar surface area (TPSA) is 50.6 Å². The fraction of sp³-hybridized carbons (Fsp3) is 0.529. The number of nitrogens with one attached hydrogen (secondary N) is 1. The fourth-order valence-electron chi connectivity index (χ4n) is 2.73. The molecule has 0 radical (unpaired) electrons. The van der Waals surface area contributed by atoms with Crippen LogP contribution in [0.4, 0.5) is 5.69 Å². The van der Waals surface area contributed by atoms with Crippen molar-refractivity contribution in [3.05, 3.63) is 35.6 Å². The molecule has 1 saturated heterocycles. The number of hydrogen-bond donors (Lipinski definition) is 2. The number of benzene rings is 1. The van der Waals surface area contributed by atoms with Gasteiger partial charge in [0.2, 0.25) is 0 Å². The van der Waals surface area contributed by atoms with E-state index in [-0.39, 0.29) is 5.60 Å². The maximum absolute atomic E-state index is 5.93. The molecule has 0 bridgehead atoms. The maximum atomic E-state index is 5.93. The summed E-state index contributed by atoms with van der Waals surface area (Å²) in [7, 11) is 0. The fourth-order valence-corrected chi connectivity index (χ4v) is 2.73. The molecule has 0 amide bonds. The summed E-state index contributed by atoms with van der Waals surface area (Å²) in [5, 5.41) is 3.30. The van der Waals surface area contributed by atoms with Crippen LogP contribution in [0.15, 0.2) is 30.0 Å². The predicted octanol–water partition coefficient (Wildman–Crippen LogP) is 3.77. The molecule has 3 N–H and O–H groups in total. The van der Waals surface area contributed by atoms with Gasteiger partial charge in [-0.1, -0.05) is 38.8 Å². The Labute approximate surface area is 122 Å². The van der Waals surface area contributed by atoms with Gasteiger partial charge < -0.3 is 15.8 Å². The van der Waals surface area contributed by atoms with Crippen LogP contribution < -0.4 is 11.1 Å². The third-order valence-electron chi connectivity index (χ3n) is 3.68. The molecular formula is C17H26N2O. The van der Waals surface area contributed by atoms with Gasteiger partial charge in [-0.15, -0.1) is 0 Å². The highest BCUT2D eigenvalue weighted by Gasteiger charge is 2.50. The molecule has 3 nitrogen and oxygen atoms in total. The van der Waals surface area contributed by atoms with Crippen molar-refractivity contribution < 1.29 is 4.74 Å². The molecule has 1 aromatic rings. The summed E-state index contributed by atoms with van der Waals surface area (Å²) >= 11 is 0. The van der Waals surface area contributed by atoms with Crippen LogP contribution in [0.5, 0.6) is 0 Å². The van der Waals surface area contributed by atoms with Crippen LogP contribution in [-0.4, -0.2) is 18.7 Å². The Morgan fingerprint density at radius 1 is 1.25 bits per heavy atom. The molecule has 20 heavy (non-hydrogen) atoms. The highest BCUT2D eigenvalue weighted by molar-refractivity contribution is 5.61. The first kappa shape index (κ1) is 14.9. The maximum Gasteiger partial charge on any atom is 0.165 e. The summed E-state index contributed by atoms with van der Waals surface area (Å²) in [5.74, 6) is 1.15. The van der Waals surface area contributed by atoms with Crippen molar-refractivity contribution in [3.63, 3.8) is 0 Å². The van der Waals surface area contributed by atoms with Gasteiger partial charge in [0.05, 0.1) is 0 Å².